The Kier molecular flexibility index (Phi) is 3.88. The molecule has 4 unspecified atom stereocenters. The van der Waals surface area contributed by atoms with Gasteiger partial charge >= 0.3 is 5.97 Å². The van der Waals surface area contributed by atoms with Crippen LogP contribution in [0.2, 0.25) is 0 Å². The van der Waals surface area contributed by atoms with Gasteiger partial charge in [0.15, 0.2) is 11.6 Å². The van der Waals surface area contributed by atoms with Gasteiger partial charge in [0.25, 0.3) is 0 Å². The van der Waals surface area contributed by atoms with Gasteiger partial charge in [0, 0.05) is 36.7 Å². The van der Waals surface area contributed by atoms with Crippen molar-refractivity contribution in [3.63, 3.8) is 0 Å². The third-order valence-electron chi connectivity index (χ3n) is 8.50. The van der Waals surface area contributed by atoms with E-state index in [0.717, 1.165) is 18.9 Å². The highest BCUT2D eigenvalue weighted by Gasteiger charge is 2.73. The number of aromatic nitrogens is 1. The summed E-state index contributed by atoms with van der Waals surface area (Å²) in [5.41, 5.74) is -0.760. The number of aromatic carboxylic acids is 1. The Morgan fingerprint density at radius 2 is 2.12 bits per heavy atom. The maximum absolute atomic E-state index is 15.6. The Morgan fingerprint density at radius 1 is 1.38 bits per heavy atom. The minimum atomic E-state index is -1.42. The number of alkyl halides is 1. The topological polar surface area (TPSA) is 83.8 Å². The number of anilines is 1. The average Bonchev–Trinajstić information content (AvgIpc) is 3.59. The van der Waals surface area contributed by atoms with Crippen LogP contribution in [0.1, 0.15) is 42.1 Å². The van der Waals surface area contributed by atoms with Crippen LogP contribution in [0, 0.1) is 17.2 Å². The Bertz CT molecular complexity index is 1250. The van der Waals surface area contributed by atoms with Gasteiger partial charge in [-0.15, -0.1) is 0 Å². The number of hydrogen-bond acceptors (Lipinski definition) is 5. The molecule has 0 amide bonds. The van der Waals surface area contributed by atoms with E-state index in [1.165, 1.54) is 24.3 Å². The fourth-order valence-corrected chi connectivity index (χ4v) is 6.71. The van der Waals surface area contributed by atoms with E-state index >= 15 is 4.39 Å². The van der Waals surface area contributed by atoms with Crippen LogP contribution in [0.15, 0.2) is 17.1 Å². The zero-order chi connectivity index (χ0) is 22.6. The number of halogens is 2. The molecule has 4 aliphatic rings. The van der Waals surface area contributed by atoms with E-state index in [2.05, 4.69) is 5.32 Å². The van der Waals surface area contributed by atoms with Crippen molar-refractivity contribution in [2.75, 3.05) is 32.1 Å². The molecule has 2 N–H and O–H groups in total. The number of likely N-dealkylation sites (N-methyl/N-ethyl adjacent to an activating group) is 1. The molecule has 3 saturated carbocycles. The standard InChI is InChI=1S/C23H25F2N3O4/c1-26-23-4-3-11-7-22(11,23)9-27(10-23)18-15(25)5-12-17(20(18)32-2)28(16-6-14(16)24)8-13(19(12)29)21(30)31/h5,8,11,14,16,26H,3-4,6-7,9-10H2,1-2H3,(H,30,31)/t11?,14-,16?,22?,23?/m0/s1. The molecule has 1 aromatic carbocycles. The van der Waals surface area contributed by atoms with Crippen molar-refractivity contribution in [3.05, 3.63) is 33.9 Å². The van der Waals surface area contributed by atoms with Crippen LogP contribution in [-0.4, -0.2) is 54.6 Å². The van der Waals surface area contributed by atoms with E-state index in [0.29, 0.717) is 19.0 Å². The van der Waals surface area contributed by atoms with Crippen LogP contribution in [0.4, 0.5) is 14.5 Å². The summed E-state index contributed by atoms with van der Waals surface area (Å²) in [5.74, 6) is -1.27. The van der Waals surface area contributed by atoms with Crippen molar-refractivity contribution in [3.8, 4) is 5.75 Å². The van der Waals surface area contributed by atoms with E-state index in [-0.39, 0.29) is 39.7 Å². The van der Waals surface area contributed by atoms with Gasteiger partial charge in [-0.1, -0.05) is 0 Å². The van der Waals surface area contributed by atoms with E-state index < -0.39 is 35.0 Å². The van der Waals surface area contributed by atoms with Crippen LogP contribution < -0.4 is 20.4 Å². The lowest BCUT2D eigenvalue weighted by Gasteiger charge is -2.31. The van der Waals surface area contributed by atoms with Gasteiger partial charge in [-0.05, 0) is 38.3 Å². The van der Waals surface area contributed by atoms with E-state index in [1.807, 2.05) is 11.9 Å². The number of carboxylic acids is 1. The molecule has 4 fully saturated rings. The number of nitrogens with zero attached hydrogens (tertiary/aromatic N) is 2. The second kappa shape index (κ2) is 6.21. The number of nitrogens with one attached hydrogen (secondary N) is 1. The van der Waals surface area contributed by atoms with E-state index in [9.17, 15) is 19.1 Å². The lowest BCUT2D eigenvalue weighted by Crippen LogP contribution is -2.49. The van der Waals surface area contributed by atoms with Crippen LogP contribution in [0.5, 0.6) is 5.75 Å². The Morgan fingerprint density at radius 3 is 2.69 bits per heavy atom. The predicted octanol–water partition coefficient (Wildman–Crippen LogP) is 2.71. The van der Waals surface area contributed by atoms with Gasteiger partial charge in [-0.2, -0.15) is 0 Å². The summed E-state index contributed by atoms with van der Waals surface area (Å²) in [6.45, 7) is 1.30. The molecule has 5 atom stereocenters. The van der Waals surface area contributed by atoms with Crippen LogP contribution in [0.3, 0.4) is 0 Å². The number of fused-ring (bicyclic) bond motifs is 1. The van der Waals surface area contributed by atoms with Crippen LogP contribution in [0.25, 0.3) is 10.9 Å². The molecule has 1 spiro atoms. The number of carbonyl (C=O) groups is 1. The monoisotopic (exact) mass is 445 g/mol. The maximum atomic E-state index is 15.6. The second-order valence-corrected chi connectivity index (χ2v) is 9.82. The summed E-state index contributed by atoms with van der Waals surface area (Å²) in [6.07, 6.45) is 3.55. The van der Waals surface area contributed by atoms with Gasteiger partial charge < -0.3 is 24.6 Å². The van der Waals surface area contributed by atoms with Crippen molar-refractivity contribution in [2.45, 2.75) is 43.4 Å². The molecule has 9 heteroatoms. The lowest BCUT2D eigenvalue weighted by molar-refractivity contribution is 0.0694. The smallest absolute Gasteiger partial charge is 0.341 e. The molecule has 0 bridgehead atoms. The molecule has 1 saturated heterocycles. The molecule has 1 aromatic heterocycles. The summed E-state index contributed by atoms with van der Waals surface area (Å²) >= 11 is 0. The number of methoxy groups -OCH3 is 1. The molecular formula is C23H25F2N3O4. The number of carboxylic acid groups (broad SMARTS) is 1. The first-order chi connectivity index (χ1) is 15.3. The van der Waals surface area contributed by atoms with Gasteiger partial charge in [-0.3, -0.25) is 4.79 Å². The fraction of sp³-hybridized carbons (Fsp3) is 0.565. The van der Waals surface area contributed by atoms with Gasteiger partial charge in [0.2, 0.25) is 5.43 Å². The first-order valence-corrected chi connectivity index (χ1v) is 11.0. The van der Waals surface area contributed by atoms with Gasteiger partial charge in [0.05, 0.1) is 24.1 Å². The normalized spacial score (nSPS) is 34.5. The summed E-state index contributed by atoms with van der Waals surface area (Å²) in [6, 6.07) is 0.493. The molecule has 170 valence electrons. The molecule has 32 heavy (non-hydrogen) atoms. The first kappa shape index (κ1) is 20.0. The molecule has 1 aliphatic heterocycles. The lowest BCUT2D eigenvalue weighted by atomic mass is 9.85. The third kappa shape index (κ3) is 2.32. The number of rotatable bonds is 5. The van der Waals surface area contributed by atoms with Crippen LogP contribution >= 0.6 is 0 Å². The molecule has 2 heterocycles. The van der Waals surface area contributed by atoms with Crippen molar-refractivity contribution in [1.82, 2.24) is 9.88 Å². The predicted molar refractivity (Wildman–Crippen MR) is 114 cm³/mol. The van der Waals surface area contributed by atoms with Gasteiger partial charge in [0.1, 0.15) is 17.4 Å². The molecule has 7 nitrogen and oxygen atoms in total. The largest absolute Gasteiger partial charge is 0.492 e. The number of benzene rings is 1. The Hall–Kier alpha value is -2.68. The van der Waals surface area contributed by atoms with Crippen molar-refractivity contribution < 1.29 is 23.4 Å². The molecule has 2 aromatic rings. The SMILES string of the molecule is CNC12CCC3CC31CN(c1c(F)cc3c(=O)c(C(=O)O)cn(C4C[C@@H]4F)c3c1OC)C2. The number of hydrogen-bond donors (Lipinski definition) is 2. The minimum absolute atomic E-state index is 0.0859. The molecule has 6 rings (SSSR count). The first-order valence-electron chi connectivity index (χ1n) is 11.0. The maximum Gasteiger partial charge on any atom is 0.341 e. The number of pyridine rings is 1. The number of ether oxygens (including phenoxy) is 1. The third-order valence-corrected chi connectivity index (χ3v) is 8.50. The zero-order valence-corrected chi connectivity index (χ0v) is 18.0. The molecular weight excluding hydrogens is 420 g/mol. The van der Waals surface area contributed by atoms with Crippen molar-refractivity contribution >= 4 is 22.6 Å². The average molecular weight is 445 g/mol. The second-order valence-electron chi connectivity index (χ2n) is 9.82. The van der Waals surface area contributed by atoms with Crippen molar-refractivity contribution in [2.24, 2.45) is 11.3 Å². The minimum Gasteiger partial charge on any atom is -0.492 e. The zero-order valence-electron chi connectivity index (χ0n) is 18.0. The van der Waals surface area contributed by atoms with Crippen LogP contribution in [-0.2, 0) is 0 Å². The highest BCUT2D eigenvalue weighted by molar-refractivity contribution is 5.97. The quantitative estimate of drug-likeness (QED) is 0.737. The highest BCUT2D eigenvalue weighted by Crippen LogP contribution is 2.71. The summed E-state index contributed by atoms with van der Waals surface area (Å²) < 4.78 is 36.8. The summed E-state index contributed by atoms with van der Waals surface area (Å²) in [7, 11) is 3.36. The fourth-order valence-electron chi connectivity index (χ4n) is 6.71. The van der Waals surface area contributed by atoms with Crippen molar-refractivity contribution in [1.29, 1.82) is 0 Å². The Labute approximate surface area is 183 Å². The summed E-state index contributed by atoms with van der Waals surface area (Å²) in [4.78, 5) is 26.5. The van der Waals surface area contributed by atoms with Gasteiger partial charge in [-0.25, -0.2) is 13.6 Å². The summed E-state index contributed by atoms with van der Waals surface area (Å²) in [5, 5.41) is 12.9. The van der Waals surface area contributed by atoms with E-state index in [1.54, 1.807) is 0 Å². The Balaban J connectivity index is 1.58. The highest BCUT2D eigenvalue weighted by atomic mass is 19.1. The molecule has 0 radical (unpaired) electrons. The molecule has 3 aliphatic carbocycles. The van der Waals surface area contributed by atoms with E-state index in [4.69, 9.17) is 4.74 Å².